The van der Waals surface area contributed by atoms with E-state index in [0.717, 1.165) is 31.8 Å². The number of aliphatic imine (C=N–C) groups is 1. The highest BCUT2D eigenvalue weighted by Crippen LogP contribution is 2.14. The number of nitrogens with zero attached hydrogens (tertiary/aromatic N) is 2. The Bertz CT molecular complexity index is 460. The van der Waals surface area contributed by atoms with Gasteiger partial charge in [0.15, 0.2) is 5.96 Å². The van der Waals surface area contributed by atoms with Gasteiger partial charge in [0.1, 0.15) is 5.75 Å². The summed E-state index contributed by atoms with van der Waals surface area (Å²) in [6.07, 6.45) is 6.21. The maximum atomic E-state index is 6.12. The highest BCUT2D eigenvalue weighted by Gasteiger charge is 2.10. The van der Waals surface area contributed by atoms with Crippen molar-refractivity contribution >= 4 is 5.96 Å². The molecule has 0 amide bonds. The first-order valence-electron chi connectivity index (χ1n) is 8.45. The van der Waals surface area contributed by atoms with Gasteiger partial charge in [0.25, 0.3) is 0 Å². The number of hydrogen-bond donors (Lipinski definition) is 1. The fraction of sp³-hybridized carbons (Fsp3) is 0.611. The van der Waals surface area contributed by atoms with Crippen LogP contribution in [0.5, 0.6) is 5.75 Å². The van der Waals surface area contributed by atoms with Gasteiger partial charge in [0.2, 0.25) is 0 Å². The zero-order valence-electron chi connectivity index (χ0n) is 13.9. The molecule has 22 heavy (non-hydrogen) atoms. The maximum absolute atomic E-state index is 6.12. The minimum Gasteiger partial charge on any atom is -0.491 e. The Morgan fingerprint density at radius 3 is 2.36 bits per heavy atom. The van der Waals surface area contributed by atoms with E-state index in [0.29, 0.717) is 5.96 Å². The molecule has 0 aromatic heterocycles. The molecule has 1 aliphatic heterocycles. The summed E-state index contributed by atoms with van der Waals surface area (Å²) in [7, 11) is 0. The highest BCUT2D eigenvalue weighted by molar-refractivity contribution is 5.78. The van der Waals surface area contributed by atoms with Crippen molar-refractivity contribution in [2.24, 2.45) is 10.7 Å². The van der Waals surface area contributed by atoms with Gasteiger partial charge in [-0.15, -0.1) is 0 Å². The molecule has 1 heterocycles. The molecule has 2 N–H and O–H groups in total. The zero-order chi connectivity index (χ0) is 15.8. The van der Waals surface area contributed by atoms with Gasteiger partial charge in [-0.25, -0.2) is 0 Å². The lowest BCUT2D eigenvalue weighted by Gasteiger charge is -2.21. The van der Waals surface area contributed by atoms with Gasteiger partial charge in [-0.1, -0.05) is 25.0 Å². The lowest BCUT2D eigenvalue weighted by atomic mass is 10.1. The lowest BCUT2D eigenvalue weighted by Crippen LogP contribution is -2.38. The number of guanidine groups is 1. The van der Waals surface area contributed by atoms with Crippen LogP contribution < -0.4 is 10.5 Å². The van der Waals surface area contributed by atoms with Crippen LogP contribution in [0.1, 0.15) is 45.1 Å². The Hall–Kier alpha value is -1.71. The van der Waals surface area contributed by atoms with Crippen LogP contribution in [0.25, 0.3) is 0 Å². The average Bonchev–Trinajstić information content (AvgIpc) is 2.77. The van der Waals surface area contributed by atoms with Crippen LogP contribution in [0, 0.1) is 0 Å². The molecule has 0 saturated carbocycles. The molecular weight excluding hydrogens is 274 g/mol. The Morgan fingerprint density at radius 2 is 1.77 bits per heavy atom. The van der Waals surface area contributed by atoms with E-state index in [9.17, 15) is 0 Å². The molecule has 0 bridgehead atoms. The molecule has 1 aliphatic rings. The molecule has 4 heteroatoms. The van der Waals surface area contributed by atoms with Crippen LogP contribution in [0.2, 0.25) is 0 Å². The van der Waals surface area contributed by atoms with Gasteiger partial charge >= 0.3 is 0 Å². The summed E-state index contributed by atoms with van der Waals surface area (Å²) in [6.45, 7) is 6.92. The van der Waals surface area contributed by atoms with Crippen molar-refractivity contribution in [1.82, 2.24) is 4.90 Å². The predicted molar refractivity (Wildman–Crippen MR) is 92.4 cm³/mol. The number of benzene rings is 1. The van der Waals surface area contributed by atoms with E-state index < -0.39 is 0 Å². The molecule has 0 aliphatic carbocycles. The lowest BCUT2D eigenvalue weighted by molar-refractivity contribution is 0.242. The quantitative estimate of drug-likeness (QED) is 0.671. The summed E-state index contributed by atoms with van der Waals surface area (Å²) in [6, 6.07) is 8.26. The molecule has 1 aromatic carbocycles. The fourth-order valence-corrected chi connectivity index (χ4v) is 2.71. The van der Waals surface area contributed by atoms with Crippen molar-refractivity contribution in [1.29, 1.82) is 0 Å². The predicted octanol–water partition coefficient (Wildman–Crippen LogP) is 3.21. The van der Waals surface area contributed by atoms with Crippen LogP contribution in [0.15, 0.2) is 29.3 Å². The van der Waals surface area contributed by atoms with Crippen molar-refractivity contribution in [2.75, 3.05) is 19.6 Å². The molecule has 122 valence electrons. The number of nitrogens with two attached hydrogens (primary N) is 1. The fourth-order valence-electron chi connectivity index (χ4n) is 2.71. The Labute approximate surface area is 134 Å². The van der Waals surface area contributed by atoms with Crippen molar-refractivity contribution in [3.63, 3.8) is 0 Å². The summed E-state index contributed by atoms with van der Waals surface area (Å²) < 4.78 is 5.65. The van der Waals surface area contributed by atoms with Gasteiger partial charge in [-0.3, -0.25) is 4.99 Å². The Balaban J connectivity index is 1.80. The van der Waals surface area contributed by atoms with E-state index in [-0.39, 0.29) is 6.10 Å². The third kappa shape index (κ3) is 5.58. The van der Waals surface area contributed by atoms with E-state index in [2.05, 4.69) is 22.0 Å². The topological polar surface area (TPSA) is 50.9 Å². The first kappa shape index (κ1) is 16.7. The van der Waals surface area contributed by atoms with Gasteiger partial charge in [-0.05, 0) is 50.8 Å². The highest BCUT2D eigenvalue weighted by atomic mass is 16.5. The summed E-state index contributed by atoms with van der Waals surface area (Å²) in [5.41, 5.74) is 7.38. The van der Waals surface area contributed by atoms with E-state index in [1.807, 2.05) is 26.0 Å². The molecule has 1 fully saturated rings. The SMILES string of the molecule is CC(C)Oc1ccc(CCN=C(N)N2CCCCCC2)cc1. The molecule has 0 unspecified atom stereocenters. The number of ether oxygens (including phenoxy) is 1. The molecule has 4 nitrogen and oxygen atoms in total. The summed E-state index contributed by atoms with van der Waals surface area (Å²) in [5, 5.41) is 0. The van der Waals surface area contributed by atoms with Crippen molar-refractivity contribution in [3.05, 3.63) is 29.8 Å². The second kappa shape index (κ2) is 8.66. The van der Waals surface area contributed by atoms with Gasteiger partial charge in [-0.2, -0.15) is 0 Å². The minimum atomic E-state index is 0.212. The molecular formula is C18H29N3O. The molecule has 2 rings (SSSR count). The van der Waals surface area contributed by atoms with E-state index in [1.54, 1.807) is 0 Å². The number of likely N-dealkylation sites (tertiary alicyclic amines) is 1. The van der Waals surface area contributed by atoms with Gasteiger partial charge in [0, 0.05) is 19.6 Å². The maximum Gasteiger partial charge on any atom is 0.191 e. The van der Waals surface area contributed by atoms with Crippen molar-refractivity contribution in [3.8, 4) is 5.75 Å². The van der Waals surface area contributed by atoms with Gasteiger partial charge < -0.3 is 15.4 Å². The van der Waals surface area contributed by atoms with Crippen LogP contribution in [-0.2, 0) is 6.42 Å². The molecule has 0 radical (unpaired) electrons. The van der Waals surface area contributed by atoms with Crippen LogP contribution in [-0.4, -0.2) is 36.6 Å². The minimum absolute atomic E-state index is 0.212. The molecule has 0 atom stereocenters. The first-order valence-corrected chi connectivity index (χ1v) is 8.45. The zero-order valence-corrected chi connectivity index (χ0v) is 13.9. The standard InChI is InChI=1S/C18H29N3O/c1-15(2)22-17-9-7-16(8-10-17)11-12-20-18(19)21-13-5-3-4-6-14-21/h7-10,15H,3-6,11-14H2,1-2H3,(H2,19,20). The van der Waals surface area contributed by atoms with Crippen molar-refractivity contribution < 1.29 is 4.74 Å². The smallest absolute Gasteiger partial charge is 0.191 e. The third-order valence-corrected chi connectivity index (χ3v) is 3.90. The average molecular weight is 303 g/mol. The first-order chi connectivity index (χ1) is 10.6. The Morgan fingerprint density at radius 1 is 1.14 bits per heavy atom. The van der Waals surface area contributed by atoms with Crippen LogP contribution >= 0.6 is 0 Å². The Kier molecular flexibility index (Phi) is 6.56. The monoisotopic (exact) mass is 303 g/mol. The van der Waals surface area contributed by atoms with Crippen molar-refractivity contribution in [2.45, 2.75) is 52.1 Å². The van der Waals surface area contributed by atoms with Crippen LogP contribution in [0.3, 0.4) is 0 Å². The second-order valence-electron chi connectivity index (χ2n) is 6.20. The number of rotatable bonds is 5. The number of hydrogen-bond acceptors (Lipinski definition) is 2. The van der Waals surface area contributed by atoms with E-state index in [1.165, 1.54) is 31.2 Å². The van der Waals surface area contributed by atoms with E-state index in [4.69, 9.17) is 10.5 Å². The molecule has 1 aromatic rings. The molecule has 1 saturated heterocycles. The normalized spacial score (nSPS) is 16.7. The van der Waals surface area contributed by atoms with Crippen LogP contribution in [0.4, 0.5) is 0 Å². The summed E-state index contributed by atoms with van der Waals surface area (Å²) in [4.78, 5) is 6.77. The summed E-state index contributed by atoms with van der Waals surface area (Å²) >= 11 is 0. The van der Waals surface area contributed by atoms with Gasteiger partial charge in [0.05, 0.1) is 6.10 Å². The molecule has 0 spiro atoms. The van der Waals surface area contributed by atoms with E-state index >= 15 is 0 Å². The second-order valence-corrected chi connectivity index (χ2v) is 6.20. The summed E-state index contributed by atoms with van der Waals surface area (Å²) in [5.74, 6) is 1.63. The third-order valence-electron chi connectivity index (χ3n) is 3.90. The largest absolute Gasteiger partial charge is 0.491 e.